The zero-order valence-electron chi connectivity index (χ0n) is 9.94. The summed E-state index contributed by atoms with van der Waals surface area (Å²) in [6.07, 6.45) is 4.42. The van der Waals surface area contributed by atoms with E-state index >= 15 is 0 Å². The third-order valence-electron chi connectivity index (χ3n) is 3.35. The summed E-state index contributed by atoms with van der Waals surface area (Å²) >= 11 is 1.84. The molecule has 1 atom stereocenters. The standard InChI is InChI=1S/C14H16N2S/c1-15-8-11-9-16-14(17-11)13-7-6-10-4-2-3-5-12(10)13/h2-5,9,13,15H,6-8H2,1H3. The van der Waals surface area contributed by atoms with Gasteiger partial charge in [0.15, 0.2) is 0 Å². The highest BCUT2D eigenvalue weighted by molar-refractivity contribution is 7.11. The van der Waals surface area contributed by atoms with E-state index in [0.717, 1.165) is 6.54 Å². The molecule has 0 saturated carbocycles. The van der Waals surface area contributed by atoms with Crippen molar-refractivity contribution in [2.75, 3.05) is 7.05 Å². The van der Waals surface area contributed by atoms with Gasteiger partial charge >= 0.3 is 0 Å². The zero-order chi connectivity index (χ0) is 11.7. The Balaban J connectivity index is 1.90. The van der Waals surface area contributed by atoms with E-state index in [1.54, 1.807) is 0 Å². The molecule has 1 aliphatic rings. The number of hydrogen-bond donors (Lipinski definition) is 1. The first kappa shape index (κ1) is 10.9. The van der Waals surface area contributed by atoms with Crippen LogP contribution in [0.3, 0.4) is 0 Å². The van der Waals surface area contributed by atoms with Crippen LogP contribution in [-0.2, 0) is 13.0 Å². The summed E-state index contributed by atoms with van der Waals surface area (Å²) in [5, 5.41) is 4.46. The van der Waals surface area contributed by atoms with E-state index in [9.17, 15) is 0 Å². The summed E-state index contributed by atoms with van der Waals surface area (Å²) in [4.78, 5) is 5.92. The van der Waals surface area contributed by atoms with Gasteiger partial charge in [-0.05, 0) is 31.0 Å². The zero-order valence-corrected chi connectivity index (χ0v) is 10.8. The molecule has 3 heteroatoms. The Morgan fingerprint density at radius 2 is 2.29 bits per heavy atom. The monoisotopic (exact) mass is 244 g/mol. The minimum atomic E-state index is 0.529. The molecule has 1 unspecified atom stereocenters. The van der Waals surface area contributed by atoms with Crippen LogP contribution in [0, 0.1) is 0 Å². The second-order valence-corrected chi connectivity index (χ2v) is 5.63. The third-order valence-corrected chi connectivity index (χ3v) is 4.46. The first-order valence-corrected chi connectivity index (χ1v) is 6.87. The second kappa shape index (κ2) is 4.59. The average Bonchev–Trinajstić information content (AvgIpc) is 2.95. The Morgan fingerprint density at radius 3 is 3.18 bits per heavy atom. The molecule has 1 heterocycles. The maximum absolute atomic E-state index is 4.59. The number of aromatic nitrogens is 1. The van der Waals surface area contributed by atoms with Crippen LogP contribution < -0.4 is 5.32 Å². The Bertz CT molecular complexity index is 518. The van der Waals surface area contributed by atoms with E-state index in [2.05, 4.69) is 34.6 Å². The van der Waals surface area contributed by atoms with Crippen LogP contribution in [0.15, 0.2) is 30.5 Å². The van der Waals surface area contributed by atoms with Crippen molar-refractivity contribution in [2.24, 2.45) is 0 Å². The van der Waals surface area contributed by atoms with E-state index in [4.69, 9.17) is 0 Å². The van der Waals surface area contributed by atoms with Crippen molar-refractivity contribution in [1.82, 2.24) is 10.3 Å². The van der Waals surface area contributed by atoms with Crippen molar-refractivity contribution in [2.45, 2.75) is 25.3 Å². The summed E-state index contributed by atoms with van der Waals surface area (Å²) in [7, 11) is 1.98. The van der Waals surface area contributed by atoms with Crippen molar-refractivity contribution < 1.29 is 0 Å². The number of rotatable bonds is 3. The van der Waals surface area contributed by atoms with E-state index in [-0.39, 0.29) is 0 Å². The fourth-order valence-corrected chi connectivity index (χ4v) is 3.64. The van der Waals surface area contributed by atoms with E-state index in [1.165, 1.54) is 33.9 Å². The lowest BCUT2D eigenvalue weighted by Gasteiger charge is -2.07. The molecule has 1 aliphatic carbocycles. The molecule has 0 aliphatic heterocycles. The van der Waals surface area contributed by atoms with Gasteiger partial charge in [-0.3, -0.25) is 0 Å². The molecule has 0 bridgehead atoms. The molecule has 88 valence electrons. The number of nitrogens with one attached hydrogen (secondary N) is 1. The van der Waals surface area contributed by atoms with Crippen LogP contribution in [0.25, 0.3) is 0 Å². The van der Waals surface area contributed by atoms with E-state index in [0.29, 0.717) is 5.92 Å². The maximum Gasteiger partial charge on any atom is 0.100 e. The smallest absolute Gasteiger partial charge is 0.100 e. The topological polar surface area (TPSA) is 24.9 Å². The molecule has 2 aromatic rings. The minimum absolute atomic E-state index is 0.529. The Hall–Kier alpha value is -1.19. The maximum atomic E-state index is 4.59. The van der Waals surface area contributed by atoms with Crippen LogP contribution in [0.1, 0.15) is 33.4 Å². The SMILES string of the molecule is CNCc1cnc(C2CCc3ccccc32)s1. The molecule has 0 spiro atoms. The van der Waals surface area contributed by atoms with Crippen molar-refractivity contribution in [3.63, 3.8) is 0 Å². The lowest BCUT2D eigenvalue weighted by Crippen LogP contribution is -2.02. The number of nitrogens with zero attached hydrogens (tertiary/aromatic N) is 1. The fraction of sp³-hybridized carbons (Fsp3) is 0.357. The van der Waals surface area contributed by atoms with Gasteiger partial charge in [0.1, 0.15) is 5.01 Å². The molecular formula is C14H16N2S. The molecule has 0 amide bonds. The summed E-state index contributed by atoms with van der Waals surface area (Å²) < 4.78 is 0. The lowest BCUT2D eigenvalue weighted by molar-refractivity contribution is 0.780. The number of aryl methyl sites for hydroxylation is 1. The molecule has 3 rings (SSSR count). The van der Waals surface area contributed by atoms with Gasteiger partial charge in [-0.15, -0.1) is 11.3 Å². The van der Waals surface area contributed by atoms with Crippen LogP contribution in [0.5, 0.6) is 0 Å². The van der Waals surface area contributed by atoms with E-state index < -0.39 is 0 Å². The first-order chi connectivity index (χ1) is 8.38. The van der Waals surface area contributed by atoms with Crippen LogP contribution in [0.2, 0.25) is 0 Å². The van der Waals surface area contributed by atoms with Gasteiger partial charge in [0.05, 0.1) is 0 Å². The van der Waals surface area contributed by atoms with Crippen LogP contribution in [-0.4, -0.2) is 12.0 Å². The predicted octanol–water partition coefficient (Wildman–Crippen LogP) is 2.94. The van der Waals surface area contributed by atoms with Crippen molar-refractivity contribution in [3.05, 3.63) is 51.5 Å². The highest BCUT2D eigenvalue weighted by atomic mass is 32.1. The largest absolute Gasteiger partial charge is 0.315 e. The van der Waals surface area contributed by atoms with Gasteiger partial charge in [0.2, 0.25) is 0 Å². The van der Waals surface area contributed by atoms with Crippen molar-refractivity contribution in [1.29, 1.82) is 0 Å². The molecule has 1 N–H and O–H groups in total. The number of thiazole rings is 1. The number of benzene rings is 1. The average molecular weight is 244 g/mol. The lowest BCUT2D eigenvalue weighted by atomic mass is 10.0. The Labute approximate surface area is 106 Å². The third kappa shape index (κ3) is 2.01. The van der Waals surface area contributed by atoms with Crippen molar-refractivity contribution in [3.8, 4) is 0 Å². The molecule has 0 fully saturated rings. The highest BCUT2D eigenvalue weighted by Crippen LogP contribution is 2.39. The van der Waals surface area contributed by atoms with Crippen LogP contribution in [0.4, 0.5) is 0 Å². The van der Waals surface area contributed by atoms with Crippen molar-refractivity contribution >= 4 is 11.3 Å². The minimum Gasteiger partial charge on any atom is -0.315 e. The molecule has 0 saturated heterocycles. The van der Waals surface area contributed by atoms with Gasteiger partial charge in [-0.25, -0.2) is 4.98 Å². The molecule has 17 heavy (non-hydrogen) atoms. The van der Waals surface area contributed by atoms with E-state index in [1.807, 2.05) is 24.6 Å². The summed E-state index contributed by atoms with van der Waals surface area (Å²) in [6, 6.07) is 8.78. The summed E-state index contributed by atoms with van der Waals surface area (Å²) in [6.45, 7) is 0.923. The van der Waals surface area contributed by atoms with Crippen LogP contribution >= 0.6 is 11.3 Å². The molecular weight excluding hydrogens is 228 g/mol. The first-order valence-electron chi connectivity index (χ1n) is 6.05. The fourth-order valence-electron chi connectivity index (χ4n) is 2.55. The molecule has 1 aromatic heterocycles. The number of fused-ring (bicyclic) bond motifs is 1. The van der Waals surface area contributed by atoms with Gasteiger partial charge < -0.3 is 5.32 Å². The van der Waals surface area contributed by atoms with Gasteiger partial charge in [0.25, 0.3) is 0 Å². The summed E-state index contributed by atoms with van der Waals surface area (Å²) in [5.74, 6) is 0.529. The second-order valence-electron chi connectivity index (χ2n) is 4.49. The van der Waals surface area contributed by atoms with Gasteiger partial charge in [-0.1, -0.05) is 24.3 Å². The predicted molar refractivity (Wildman–Crippen MR) is 71.5 cm³/mol. The molecule has 0 radical (unpaired) electrons. The quantitative estimate of drug-likeness (QED) is 0.898. The molecule has 1 aromatic carbocycles. The highest BCUT2D eigenvalue weighted by Gasteiger charge is 2.25. The molecule has 2 nitrogen and oxygen atoms in total. The number of hydrogen-bond acceptors (Lipinski definition) is 3. The van der Waals surface area contributed by atoms with Gasteiger partial charge in [-0.2, -0.15) is 0 Å². The summed E-state index contributed by atoms with van der Waals surface area (Å²) in [5.41, 5.74) is 2.99. The normalized spacial score (nSPS) is 18.3. The Kier molecular flexibility index (Phi) is 2.95. The Morgan fingerprint density at radius 1 is 1.41 bits per heavy atom. The van der Waals surface area contributed by atoms with Gasteiger partial charge in [0, 0.05) is 23.5 Å².